The van der Waals surface area contributed by atoms with Crippen LogP contribution in [-0.2, 0) is 4.74 Å². The van der Waals surface area contributed by atoms with Gasteiger partial charge in [-0.15, -0.1) is 0 Å². The largest absolute Gasteiger partial charge is 0.383 e. The van der Waals surface area contributed by atoms with Gasteiger partial charge in [0.1, 0.15) is 0 Å². The number of hydrogen-bond donors (Lipinski definition) is 1. The van der Waals surface area contributed by atoms with Crippen molar-refractivity contribution >= 4 is 0 Å². The molecule has 1 aliphatic heterocycles. The number of rotatable bonds is 5. The van der Waals surface area contributed by atoms with Crippen molar-refractivity contribution in [3.8, 4) is 0 Å². The first-order chi connectivity index (χ1) is 6.88. The molecule has 0 radical (unpaired) electrons. The van der Waals surface area contributed by atoms with Crippen molar-refractivity contribution in [2.24, 2.45) is 0 Å². The average molecular weight is 200 g/mol. The summed E-state index contributed by atoms with van der Waals surface area (Å²) in [7, 11) is 3.81. The molecule has 3 nitrogen and oxygen atoms in total. The van der Waals surface area contributed by atoms with Crippen molar-refractivity contribution in [1.29, 1.82) is 0 Å². The van der Waals surface area contributed by atoms with Crippen LogP contribution >= 0.6 is 0 Å². The van der Waals surface area contributed by atoms with E-state index in [4.69, 9.17) is 4.74 Å². The molecule has 0 aromatic carbocycles. The quantitative estimate of drug-likeness (QED) is 0.719. The Morgan fingerprint density at radius 2 is 1.86 bits per heavy atom. The highest BCUT2D eigenvalue weighted by atomic mass is 16.5. The highest BCUT2D eigenvalue weighted by Gasteiger charge is 2.18. The van der Waals surface area contributed by atoms with Crippen LogP contribution in [0.4, 0.5) is 0 Å². The molecule has 1 atom stereocenters. The fourth-order valence-electron chi connectivity index (χ4n) is 2.18. The highest BCUT2D eigenvalue weighted by Crippen LogP contribution is 2.12. The molecule has 0 bridgehead atoms. The van der Waals surface area contributed by atoms with Gasteiger partial charge >= 0.3 is 0 Å². The van der Waals surface area contributed by atoms with Crippen LogP contribution in [0.2, 0.25) is 0 Å². The standard InChI is InChI=1S/C11H24N2O/c1-12-9-11(10-14-2)13-7-5-3-4-6-8-13/h11-12H,3-10H2,1-2H3. The summed E-state index contributed by atoms with van der Waals surface area (Å²) in [6.07, 6.45) is 5.50. The maximum Gasteiger partial charge on any atom is 0.0630 e. The zero-order valence-electron chi connectivity index (χ0n) is 9.59. The highest BCUT2D eigenvalue weighted by molar-refractivity contribution is 4.75. The molecule has 14 heavy (non-hydrogen) atoms. The van der Waals surface area contributed by atoms with Crippen LogP contribution in [0.15, 0.2) is 0 Å². The number of hydrogen-bond acceptors (Lipinski definition) is 3. The Hall–Kier alpha value is -0.120. The molecule has 0 aromatic rings. The summed E-state index contributed by atoms with van der Waals surface area (Å²) < 4.78 is 5.27. The summed E-state index contributed by atoms with van der Waals surface area (Å²) in [5.41, 5.74) is 0. The summed E-state index contributed by atoms with van der Waals surface area (Å²) in [5.74, 6) is 0. The molecule has 1 heterocycles. The van der Waals surface area contributed by atoms with E-state index in [2.05, 4.69) is 10.2 Å². The molecule has 1 aliphatic rings. The molecule has 1 N–H and O–H groups in total. The third-order valence-corrected chi connectivity index (χ3v) is 2.96. The van der Waals surface area contributed by atoms with E-state index < -0.39 is 0 Å². The Morgan fingerprint density at radius 1 is 1.21 bits per heavy atom. The second kappa shape index (κ2) is 7.21. The molecule has 3 heteroatoms. The Morgan fingerprint density at radius 3 is 2.36 bits per heavy atom. The first kappa shape index (κ1) is 12.0. The minimum Gasteiger partial charge on any atom is -0.383 e. The Bertz CT molecular complexity index is 127. The molecule has 0 spiro atoms. The average Bonchev–Trinajstić information content (AvgIpc) is 2.45. The zero-order chi connectivity index (χ0) is 10.2. The lowest BCUT2D eigenvalue weighted by Crippen LogP contribution is -2.44. The first-order valence-corrected chi connectivity index (χ1v) is 5.76. The number of ether oxygens (including phenoxy) is 1. The van der Waals surface area contributed by atoms with E-state index in [0.29, 0.717) is 6.04 Å². The molecule has 84 valence electrons. The van der Waals surface area contributed by atoms with Gasteiger partial charge in [0, 0.05) is 19.7 Å². The molecule has 1 rings (SSSR count). The van der Waals surface area contributed by atoms with Crippen molar-refractivity contribution < 1.29 is 4.74 Å². The van der Waals surface area contributed by atoms with Gasteiger partial charge in [-0.1, -0.05) is 12.8 Å². The van der Waals surface area contributed by atoms with Gasteiger partial charge in [0.15, 0.2) is 0 Å². The monoisotopic (exact) mass is 200 g/mol. The van der Waals surface area contributed by atoms with Gasteiger partial charge in [0.2, 0.25) is 0 Å². The van der Waals surface area contributed by atoms with Crippen molar-refractivity contribution in [3.05, 3.63) is 0 Å². The van der Waals surface area contributed by atoms with Crippen LogP contribution < -0.4 is 5.32 Å². The zero-order valence-corrected chi connectivity index (χ0v) is 9.59. The normalized spacial score (nSPS) is 21.9. The molecule has 0 aliphatic carbocycles. The van der Waals surface area contributed by atoms with E-state index in [1.165, 1.54) is 38.8 Å². The second-order valence-corrected chi connectivity index (χ2v) is 4.12. The van der Waals surface area contributed by atoms with Crippen molar-refractivity contribution in [2.45, 2.75) is 31.7 Å². The predicted molar refractivity (Wildman–Crippen MR) is 59.6 cm³/mol. The first-order valence-electron chi connectivity index (χ1n) is 5.76. The van der Waals surface area contributed by atoms with Crippen LogP contribution in [0.3, 0.4) is 0 Å². The van der Waals surface area contributed by atoms with Crippen LogP contribution in [0.25, 0.3) is 0 Å². The maximum absolute atomic E-state index is 5.27. The van der Waals surface area contributed by atoms with E-state index >= 15 is 0 Å². The Kier molecular flexibility index (Phi) is 6.15. The van der Waals surface area contributed by atoms with Gasteiger partial charge in [-0.2, -0.15) is 0 Å². The van der Waals surface area contributed by atoms with Gasteiger partial charge < -0.3 is 10.1 Å². The Labute approximate surface area is 87.8 Å². The van der Waals surface area contributed by atoms with Gasteiger partial charge in [0.25, 0.3) is 0 Å². The topological polar surface area (TPSA) is 24.5 Å². The third-order valence-electron chi connectivity index (χ3n) is 2.96. The van der Waals surface area contributed by atoms with E-state index in [-0.39, 0.29) is 0 Å². The van der Waals surface area contributed by atoms with Crippen LogP contribution in [0.5, 0.6) is 0 Å². The van der Waals surface area contributed by atoms with Gasteiger partial charge in [-0.05, 0) is 33.0 Å². The van der Waals surface area contributed by atoms with Gasteiger partial charge in [-0.25, -0.2) is 0 Å². The van der Waals surface area contributed by atoms with Gasteiger partial charge in [-0.3, -0.25) is 4.90 Å². The molecule has 0 saturated carbocycles. The van der Waals surface area contributed by atoms with Crippen molar-refractivity contribution in [1.82, 2.24) is 10.2 Å². The fourth-order valence-corrected chi connectivity index (χ4v) is 2.18. The number of likely N-dealkylation sites (N-methyl/N-ethyl adjacent to an activating group) is 1. The summed E-state index contributed by atoms with van der Waals surface area (Å²) in [6, 6.07) is 0.558. The summed E-state index contributed by atoms with van der Waals surface area (Å²) in [5, 5.41) is 3.25. The summed E-state index contributed by atoms with van der Waals surface area (Å²) in [6.45, 7) is 4.38. The lowest BCUT2D eigenvalue weighted by Gasteiger charge is -2.29. The summed E-state index contributed by atoms with van der Waals surface area (Å²) >= 11 is 0. The van der Waals surface area contributed by atoms with E-state index in [9.17, 15) is 0 Å². The van der Waals surface area contributed by atoms with Gasteiger partial charge in [0.05, 0.1) is 6.61 Å². The molecule has 1 unspecified atom stereocenters. The minimum absolute atomic E-state index is 0.558. The summed E-state index contributed by atoms with van der Waals surface area (Å²) in [4.78, 5) is 2.58. The number of nitrogens with zero attached hydrogens (tertiary/aromatic N) is 1. The molecule has 1 fully saturated rings. The maximum atomic E-state index is 5.27. The van der Waals surface area contributed by atoms with E-state index in [0.717, 1.165) is 13.2 Å². The van der Waals surface area contributed by atoms with Crippen LogP contribution in [0.1, 0.15) is 25.7 Å². The molecule has 0 aromatic heterocycles. The number of methoxy groups -OCH3 is 1. The Balaban J connectivity index is 2.38. The van der Waals surface area contributed by atoms with E-state index in [1.54, 1.807) is 7.11 Å². The lowest BCUT2D eigenvalue weighted by atomic mass is 10.2. The SMILES string of the molecule is CNCC(COC)N1CCCCCC1. The van der Waals surface area contributed by atoms with Crippen LogP contribution in [0, 0.1) is 0 Å². The number of nitrogens with one attached hydrogen (secondary N) is 1. The molecule has 0 amide bonds. The lowest BCUT2D eigenvalue weighted by molar-refractivity contribution is 0.0924. The molecule has 1 saturated heterocycles. The molecular weight excluding hydrogens is 176 g/mol. The van der Waals surface area contributed by atoms with Crippen LogP contribution in [-0.4, -0.2) is 51.3 Å². The van der Waals surface area contributed by atoms with Crippen molar-refractivity contribution in [2.75, 3.05) is 40.4 Å². The second-order valence-electron chi connectivity index (χ2n) is 4.12. The molecular formula is C11H24N2O. The smallest absolute Gasteiger partial charge is 0.0630 e. The van der Waals surface area contributed by atoms with E-state index in [1.807, 2.05) is 7.05 Å². The van der Waals surface area contributed by atoms with Crippen molar-refractivity contribution in [3.63, 3.8) is 0 Å². The third kappa shape index (κ3) is 3.95. The minimum atomic E-state index is 0.558. The predicted octanol–water partition coefficient (Wildman–Crippen LogP) is 1.10. The number of likely N-dealkylation sites (tertiary alicyclic amines) is 1. The fraction of sp³-hybridized carbons (Fsp3) is 1.00.